The highest BCUT2D eigenvalue weighted by Crippen LogP contribution is 2.15. The van der Waals surface area contributed by atoms with E-state index in [0.717, 1.165) is 31.6 Å². The van der Waals surface area contributed by atoms with E-state index in [2.05, 4.69) is 5.32 Å². The van der Waals surface area contributed by atoms with E-state index < -0.39 is 0 Å². The summed E-state index contributed by atoms with van der Waals surface area (Å²) in [6, 6.07) is 6.54. The topological polar surface area (TPSA) is 47.3 Å². The normalized spacial score (nSPS) is 21.6. The van der Waals surface area contributed by atoms with E-state index in [-0.39, 0.29) is 11.9 Å². The van der Waals surface area contributed by atoms with Crippen LogP contribution in [0.4, 0.5) is 4.39 Å². The molecule has 3 N–H and O–H groups in total. The summed E-state index contributed by atoms with van der Waals surface area (Å²) in [4.78, 5) is 0. The van der Waals surface area contributed by atoms with E-state index >= 15 is 0 Å². The lowest BCUT2D eigenvalue weighted by atomic mass is 10.1. The molecule has 3 nitrogen and oxygen atoms in total. The van der Waals surface area contributed by atoms with Gasteiger partial charge in [0.25, 0.3) is 0 Å². The molecule has 2 atom stereocenters. The molecule has 0 aromatic heterocycles. The van der Waals surface area contributed by atoms with Gasteiger partial charge in [0.2, 0.25) is 0 Å². The van der Waals surface area contributed by atoms with Gasteiger partial charge in [-0.25, -0.2) is 4.39 Å². The highest BCUT2D eigenvalue weighted by Gasteiger charge is 2.17. The summed E-state index contributed by atoms with van der Waals surface area (Å²) >= 11 is 0. The van der Waals surface area contributed by atoms with Crippen molar-refractivity contribution in [1.82, 2.24) is 5.32 Å². The van der Waals surface area contributed by atoms with E-state index in [1.165, 1.54) is 12.1 Å². The molecule has 1 saturated heterocycles. The number of benzene rings is 1. The standard InChI is InChI=1S/C13H19FN2O/c14-11-5-3-10(4-6-11)13(8-15)16-9-12-2-1-7-17-12/h3-6,12-13,16H,1-2,7-9,15H2. The molecule has 1 fully saturated rings. The van der Waals surface area contributed by atoms with Crippen LogP contribution < -0.4 is 11.1 Å². The first kappa shape index (κ1) is 12.5. The SMILES string of the molecule is NCC(NCC1CCCO1)c1ccc(F)cc1. The number of hydrogen-bond acceptors (Lipinski definition) is 3. The minimum Gasteiger partial charge on any atom is -0.377 e. The summed E-state index contributed by atoms with van der Waals surface area (Å²) in [6.45, 7) is 2.16. The summed E-state index contributed by atoms with van der Waals surface area (Å²) in [5, 5.41) is 3.37. The van der Waals surface area contributed by atoms with E-state index in [1.54, 1.807) is 12.1 Å². The highest BCUT2D eigenvalue weighted by molar-refractivity contribution is 5.20. The Balaban J connectivity index is 1.89. The Morgan fingerprint density at radius 1 is 1.41 bits per heavy atom. The van der Waals surface area contributed by atoms with Crippen LogP contribution in [0.2, 0.25) is 0 Å². The van der Waals surface area contributed by atoms with Crippen molar-refractivity contribution < 1.29 is 9.13 Å². The zero-order chi connectivity index (χ0) is 12.1. The van der Waals surface area contributed by atoms with Crippen LogP contribution in [0.5, 0.6) is 0 Å². The first-order chi connectivity index (χ1) is 8.29. The van der Waals surface area contributed by atoms with Crippen LogP contribution in [0.25, 0.3) is 0 Å². The second kappa shape index (κ2) is 6.10. The maximum Gasteiger partial charge on any atom is 0.123 e. The molecule has 0 amide bonds. The Labute approximate surface area is 101 Å². The lowest BCUT2D eigenvalue weighted by Crippen LogP contribution is -2.34. The van der Waals surface area contributed by atoms with Crippen molar-refractivity contribution in [3.63, 3.8) is 0 Å². The third kappa shape index (κ3) is 3.49. The van der Waals surface area contributed by atoms with Crippen LogP contribution in [0.1, 0.15) is 24.4 Å². The molecule has 0 saturated carbocycles. The Morgan fingerprint density at radius 3 is 2.76 bits per heavy atom. The van der Waals surface area contributed by atoms with Crippen molar-refractivity contribution in [3.05, 3.63) is 35.6 Å². The van der Waals surface area contributed by atoms with Gasteiger partial charge in [-0.3, -0.25) is 0 Å². The molecule has 0 bridgehead atoms. The predicted molar refractivity (Wildman–Crippen MR) is 65.2 cm³/mol. The Morgan fingerprint density at radius 2 is 2.18 bits per heavy atom. The lowest BCUT2D eigenvalue weighted by molar-refractivity contribution is 0.107. The molecule has 0 radical (unpaired) electrons. The molecule has 1 heterocycles. The number of rotatable bonds is 5. The van der Waals surface area contributed by atoms with Gasteiger partial charge < -0.3 is 15.8 Å². The molecule has 1 aliphatic heterocycles. The molecule has 4 heteroatoms. The van der Waals surface area contributed by atoms with Gasteiger partial charge in [0.1, 0.15) is 5.82 Å². The van der Waals surface area contributed by atoms with Crippen LogP contribution in [0.3, 0.4) is 0 Å². The smallest absolute Gasteiger partial charge is 0.123 e. The Kier molecular flexibility index (Phi) is 4.48. The van der Waals surface area contributed by atoms with E-state index in [9.17, 15) is 4.39 Å². The minimum atomic E-state index is -0.219. The summed E-state index contributed by atoms with van der Waals surface area (Å²) in [5.74, 6) is -0.219. The molecule has 0 aliphatic carbocycles. The van der Waals surface area contributed by atoms with Crippen molar-refractivity contribution >= 4 is 0 Å². The summed E-state index contributed by atoms with van der Waals surface area (Å²) in [6.07, 6.45) is 2.54. The number of hydrogen-bond donors (Lipinski definition) is 2. The minimum absolute atomic E-state index is 0.0693. The summed E-state index contributed by atoms with van der Waals surface area (Å²) < 4.78 is 18.4. The zero-order valence-corrected chi connectivity index (χ0v) is 9.86. The van der Waals surface area contributed by atoms with Crippen molar-refractivity contribution in [3.8, 4) is 0 Å². The quantitative estimate of drug-likeness (QED) is 0.819. The third-order valence-corrected chi connectivity index (χ3v) is 3.12. The monoisotopic (exact) mass is 238 g/mol. The largest absolute Gasteiger partial charge is 0.377 e. The molecule has 17 heavy (non-hydrogen) atoms. The van der Waals surface area contributed by atoms with E-state index in [4.69, 9.17) is 10.5 Å². The molecule has 2 rings (SSSR count). The number of nitrogens with two attached hydrogens (primary N) is 1. The summed E-state index contributed by atoms with van der Waals surface area (Å²) in [5.41, 5.74) is 6.75. The average Bonchev–Trinajstić information content (AvgIpc) is 2.85. The van der Waals surface area contributed by atoms with Crippen molar-refractivity contribution in [2.24, 2.45) is 5.73 Å². The van der Waals surface area contributed by atoms with Crippen molar-refractivity contribution in [2.75, 3.05) is 19.7 Å². The van der Waals surface area contributed by atoms with Crippen molar-refractivity contribution in [1.29, 1.82) is 0 Å². The van der Waals surface area contributed by atoms with Gasteiger partial charge in [0.05, 0.1) is 6.10 Å². The fraction of sp³-hybridized carbons (Fsp3) is 0.538. The first-order valence-corrected chi connectivity index (χ1v) is 6.10. The number of halogens is 1. The van der Waals surface area contributed by atoms with E-state index in [0.29, 0.717) is 12.6 Å². The number of ether oxygens (including phenoxy) is 1. The van der Waals surface area contributed by atoms with Gasteiger partial charge in [-0.05, 0) is 30.5 Å². The van der Waals surface area contributed by atoms with Gasteiger partial charge in [0.15, 0.2) is 0 Å². The molecule has 94 valence electrons. The second-order valence-corrected chi connectivity index (χ2v) is 4.38. The molecule has 0 spiro atoms. The zero-order valence-electron chi connectivity index (χ0n) is 9.86. The maximum absolute atomic E-state index is 12.8. The Bertz CT molecular complexity index is 336. The van der Waals surface area contributed by atoms with Crippen LogP contribution in [-0.2, 0) is 4.74 Å². The maximum atomic E-state index is 12.8. The average molecular weight is 238 g/mol. The highest BCUT2D eigenvalue weighted by atomic mass is 19.1. The first-order valence-electron chi connectivity index (χ1n) is 6.10. The van der Waals surface area contributed by atoms with Crippen molar-refractivity contribution in [2.45, 2.75) is 25.0 Å². The summed E-state index contributed by atoms with van der Waals surface area (Å²) in [7, 11) is 0. The van der Waals surface area contributed by atoms with E-state index in [1.807, 2.05) is 0 Å². The molecule has 1 aliphatic rings. The van der Waals surface area contributed by atoms with Gasteiger partial charge in [-0.15, -0.1) is 0 Å². The molecule has 1 aromatic rings. The van der Waals surface area contributed by atoms with Gasteiger partial charge in [-0.1, -0.05) is 12.1 Å². The fourth-order valence-electron chi connectivity index (χ4n) is 2.11. The van der Waals surface area contributed by atoms with Crippen LogP contribution >= 0.6 is 0 Å². The van der Waals surface area contributed by atoms with Gasteiger partial charge in [0, 0.05) is 25.7 Å². The van der Waals surface area contributed by atoms with Crippen LogP contribution in [-0.4, -0.2) is 25.8 Å². The van der Waals surface area contributed by atoms with Crippen LogP contribution in [0.15, 0.2) is 24.3 Å². The Hall–Kier alpha value is -0.970. The predicted octanol–water partition coefficient (Wildman–Crippen LogP) is 1.59. The lowest BCUT2D eigenvalue weighted by Gasteiger charge is -2.19. The van der Waals surface area contributed by atoms with Crippen LogP contribution in [0, 0.1) is 5.82 Å². The molecule has 2 unspecified atom stereocenters. The second-order valence-electron chi connectivity index (χ2n) is 4.38. The molecular formula is C13H19FN2O. The molecular weight excluding hydrogens is 219 g/mol. The van der Waals surface area contributed by atoms with Gasteiger partial charge >= 0.3 is 0 Å². The molecule has 1 aromatic carbocycles. The fourth-order valence-corrected chi connectivity index (χ4v) is 2.11. The third-order valence-electron chi connectivity index (χ3n) is 3.12. The number of nitrogens with one attached hydrogen (secondary N) is 1. The van der Waals surface area contributed by atoms with Gasteiger partial charge in [-0.2, -0.15) is 0 Å².